The van der Waals surface area contributed by atoms with Crippen LogP contribution in [0, 0.1) is 5.92 Å². The molecular weight excluding hydrogens is 258 g/mol. The Morgan fingerprint density at radius 1 is 1.32 bits per heavy atom. The normalized spacial score (nSPS) is 11.2. The molecule has 0 unspecified atom stereocenters. The lowest BCUT2D eigenvalue weighted by Gasteiger charge is -2.14. The standard InChI is InChI=1S/C15H19NO2S/c1-11(2)7-8-16-13(14-4-3-9-19-14)6-5-12(10-17)15(16)18/h3-6,9,11,17H,7-8,10H2,1-2H3. The Labute approximate surface area is 117 Å². The predicted octanol–water partition coefficient (Wildman–Crippen LogP) is 3.12. The molecule has 0 amide bonds. The van der Waals surface area contributed by atoms with Gasteiger partial charge >= 0.3 is 0 Å². The number of thiophene rings is 1. The topological polar surface area (TPSA) is 42.2 Å². The van der Waals surface area contributed by atoms with Crippen molar-refractivity contribution in [3.8, 4) is 10.6 Å². The minimum Gasteiger partial charge on any atom is -0.391 e. The third-order valence-corrected chi connectivity index (χ3v) is 4.02. The third kappa shape index (κ3) is 3.14. The number of nitrogens with zero attached hydrogens (tertiary/aromatic N) is 1. The van der Waals surface area contributed by atoms with E-state index < -0.39 is 0 Å². The number of hydrogen-bond acceptors (Lipinski definition) is 3. The zero-order valence-electron chi connectivity index (χ0n) is 11.3. The van der Waals surface area contributed by atoms with Crippen LogP contribution in [0.1, 0.15) is 25.8 Å². The van der Waals surface area contributed by atoms with Crippen LogP contribution in [0.3, 0.4) is 0 Å². The van der Waals surface area contributed by atoms with Gasteiger partial charge in [-0.05, 0) is 35.9 Å². The first-order valence-corrected chi connectivity index (χ1v) is 7.39. The Morgan fingerprint density at radius 3 is 2.68 bits per heavy atom. The van der Waals surface area contributed by atoms with Crippen molar-refractivity contribution in [3.63, 3.8) is 0 Å². The quantitative estimate of drug-likeness (QED) is 0.912. The molecule has 3 nitrogen and oxygen atoms in total. The van der Waals surface area contributed by atoms with Crippen molar-refractivity contribution >= 4 is 11.3 Å². The summed E-state index contributed by atoms with van der Waals surface area (Å²) in [5.74, 6) is 0.542. The Kier molecular flexibility index (Phi) is 4.56. The second-order valence-electron chi connectivity index (χ2n) is 5.02. The van der Waals surface area contributed by atoms with Gasteiger partial charge in [-0.3, -0.25) is 4.79 Å². The molecule has 0 spiro atoms. The van der Waals surface area contributed by atoms with Crippen LogP contribution in [0.15, 0.2) is 34.4 Å². The molecule has 2 aromatic rings. The fourth-order valence-corrected chi connectivity index (χ4v) is 2.75. The van der Waals surface area contributed by atoms with Crippen LogP contribution in [-0.2, 0) is 13.2 Å². The molecular formula is C15H19NO2S. The van der Waals surface area contributed by atoms with Gasteiger partial charge in [0.05, 0.1) is 17.2 Å². The molecule has 0 fully saturated rings. The van der Waals surface area contributed by atoms with E-state index in [9.17, 15) is 9.90 Å². The summed E-state index contributed by atoms with van der Waals surface area (Å²) < 4.78 is 1.79. The van der Waals surface area contributed by atoms with Gasteiger partial charge < -0.3 is 9.67 Å². The van der Waals surface area contributed by atoms with Crippen LogP contribution in [0.2, 0.25) is 0 Å². The maximum Gasteiger partial charge on any atom is 0.256 e. The van der Waals surface area contributed by atoms with Crippen molar-refractivity contribution < 1.29 is 5.11 Å². The van der Waals surface area contributed by atoms with E-state index >= 15 is 0 Å². The second-order valence-corrected chi connectivity index (χ2v) is 5.97. The predicted molar refractivity (Wildman–Crippen MR) is 79.4 cm³/mol. The van der Waals surface area contributed by atoms with Crippen LogP contribution in [0.25, 0.3) is 10.6 Å². The monoisotopic (exact) mass is 277 g/mol. The van der Waals surface area contributed by atoms with Gasteiger partial charge in [-0.1, -0.05) is 19.9 Å². The summed E-state index contributed by atoms with van der Waals surface area (Å²) in [5.41, 5.74) is 1.33. The average molecular weight is 277 g/mol. The summed E-state index contributed by atoms with van der Waals surface area (Å²) in [5, 5.41) is 11.2. The summed E-state index contributed by atoms with van der Waals surface area (Å²) in [4.78, 5) is 13.4. The molecule has 0 saturated heterocycles. The molecule has 2 heterocycles. The van der Waals surface area contributed by atoms with Crippen molar-refractivity contribution in [2.75, 3.05) is 0 Å². The lowest BCUT2D eigenvalue weighted by Crippen LogP contribution is -2.25. The fraction of sp³-hybridized carbons (Fsp3) is 0.400. The van der Waals surface area contributed by atoms with Crippen molar-refractivity contribution in [2.24, 2.45) is 5.92 Å². The van der Waals surface area contributed by atoms with Gasteiger partial charge in [-0.15, -0.1) is 11.3 Å². The lowest BCUT2D eigenvalue weighted by molar-refractivity contribution is 0.279. The zero-order valence-corrected chi connectivity index (χ0v) is 12.1. The molecule has 0 radical (unpaired) electrons. The summed E-state index contributed by atoms with van der Waals surface area (Å²) in [7, 11) is 0. The van der Waals surface area contributed by atoms with Crippen LogP contribution in [0.5, 0.6) is 0 Å². The van der Waals surface area contributed by atoms with E-state index in [1.165, 1.54) is 0 Å². The van der Waals surface area contributed by atoms with E-state index in [0.717, 1.165) is 17.0 Å². The lowest BCUT2D eigenvalue weighted by atomic mass is 10.1. The molecule has 4 heteroatoms. The average Bonchev–Trinajstić information content (AvgIpc) is 2.90. The summed E-state index contributed by atoms with van der Waals surface area (Å²) >= 11 is 1.62. The van der Waals surface area contributed by atoms with Gasteiger partial charge in [0, 0.05) is 12.1 Å². The molecule has 0 aliphatic carbocycles. The molecule has 2 rings (SSSR count). The Bertz CT molecular complexity index is 585. The van der Waals surface area contributed by atoms with Gasteiger partial charge in [0.1, 0.15) is 0 Å². The van der Waals surface area contributed by atoms with E-state index in [4.69, 9.17) is 0 Å². The molecule has 0 aliphatic heterocycles. The van der Waals surface area contributed by atoms with Crippen LogP contribution in [-0.4, -0.2) is 9.67 Å². The molecule has 0 aromatic carbocycles. The highest BCUT2D eigenvalue weighted by Gasteiger charge is 2.11. The highest BCUT2D eigenvalue weighted by molar-refractivity contribution is 7.13. The van der Waals surface area contributed by atoms with Gasteiger partial charge in [0.2, 0.25) is 0 Å². The minimum absolute atomic E-state index is 0.0750. The number of pyridine rings is 1. The summed E-state index contributed by atoms with van der Waals surface area (Å²) in [6, 6.07) is 7.66. The molecule has 2 aromatic heterocycles. The highest BCUT2D eigenvalue weighted by atomic mass is 32.1. The maximum absolute atomic E-state index is 12.3. The Morgan fingerprint density at radius 2 is 2.11 bits per heavy atom. The van der Waals surface area contributed by atoms with Crippen molar-refractivity contribution in [1.29, 1.82) is 0 Å². The van der Waals surface area contributed by atoms with E-state index in [2.05, 4.69) is 13.8 Å². The van der Waals surface area contributed by atoms with E-state index in [1.54, 1.807) is 22.0 Å². The van der Waals surface area contributed by atoms with Gasteiger partial charge in [0.25, 0.3) is 5.56 Å². The highest BCUT2D eigenvalue weighted by Crippen LogP contribution is 2.24. The molecule has 1 N–H and O–H groups in total. The Balaban J connectivity index is 2.48. The van der Waals surface area contributed by atoms with Crippen molar-refractivity contribution in [2.45, 2.75) is 33.4 Å². The molecule has 0 saturated carbocycles. The first-order chi connectivity index (χ1) is 9.13. The molecule has 102 valence electrons. The third-order valence-electron chi connectivity index (χ3n) is 3.13. The number of rotatable bonds is 5. The number of aliphatic hydroxyl groups is 1. The Hall–Kier alpha value is -1.39. The van der Waals surface area contributed by atoms with Crippen molar-refractivity contribution in [3.05, 3.63) is 45.6 Å². The van der Waals surface area contributed by atoms with E-state index in [-0.39, 0.29) is 12.2 Å². The van der Waals surface area contributed by atoms with Crippen LogP contribution >= 0.6 is 11.3 Å². The van der Waals surface area contributed by atoms with Gasteiger partial charge in [-0.2, -0.15) is 0 Å². The molecule has 0 atom stereocenters. The number of aliphatic hydroxyl groups excluding tert-OH is 1. The largest absolute Gasteiger partial charge is 0.391 e. The van der Waals surface area contributed by atoms with Crippen molar-refractivity contribution in [1.82, 2.24) is 4.57 Å². The SMILES string of the molecule is CC(C)CCn1c(-c2cccs2)ccc(CO)c1=O. The fourth-order valence-electron chi connectivity index (χ4n) is 1.99. The molecule has 0 aliphatic rings. The van der Waals surface area contributed by atoms with Crippen LogP contribution < -0.4 is 5.56 Å². The second kappa shape index (κ2) is 6.17. The summed E-state index contributed by atoms with van der Waals surface area (Å²) in [6.07, 6.45) is 0.952. The zero-order chi connectivity index (χ0) is 13.8. The summed E-state index contributed by atoms with van der Waals surface area (Å²) in [6.45, 7) is 4.78. The smallest absolute Gasteiger partial charge is 0.256 e. The van der Waals surface area contributed by atoms with E-state index in [1.807, 2.05) is 23.6 Å². The number of hydrogen-bond donors (Lipinski definition) is 1. The van der Waals surface area contributed by atoms with E-state index in [0.29, 0.717) is 18.0 Å². The van der Waals surface area contributed by atoms with Gasteiger partial charge in [0.15, 0.2) is 0 Å². The molecule has 0 bridgehead atoms. The van der Waals surface area contributed by atoms with Crippen LogP contribution in [0.4, 0.5) is 0 Å². The molecule has 19 heavy (non-hydrogen) atoms. The number of aromatic nitrogens is 1. The minimum atomic E-state index is -0.203. The first-order valence-electron chi connectivity index (χ1n) is 6.51. The maximum atomic E-state index is 12.3. The first kappa shape index (κ1) is 14.0. The van der Waals surface area contributed by atoms with Gasteiger partial charge in [-0.25, -0.2) is 0 Å².